The molecule has 1 heterocycles. The standard InChI is InChI=1S/C15H19Cl2NO/c1-2-5-15(6-7-18-10-15)14(19)9-11-8-12(16)3-4-13(11)17/h3-4,8,18H,2,5-7,9-10H2,1H3. The number of rotatable bonds is 5. The zero-order chi connectivity index (χ0) is 13.9. The molecule has 2 nitrogen and oxygen atoms in total. The third-order valence-corrected chi connectivity index (χ3v) is 4.53. The van der Waals surface area contributed by atoms with Crippen LogP contribution in [0.2, 0.25) is 10.0 Å². The van der Waals surface area contributed by atoms with E-state index in [0.29, 0.717) is 16.5 Å². The van der Waals surface area contributed by atoms with E-state index in [-0.39, 0.29) is 11.2 Å². The van der Waals surface area contributed by atoms with E-state index in [1.807, 2.05) is 0 Å². The van der Waals surface area contributed by atoms with Gasteiger partial charge in [0.2, 0.25) is 0 Å². The van der Waals surface area contributed by atoms with Gasteiger partial charge < -0.3 is 5.32 Å². The summed E-state index contributed by atoms with van der Waals surface area (Å²) in [6, 6.07) is 5.30. The molecular weight excluding hydrogens is 281 g/mol. The number of Topliss-reactive ketones (excluding diaryl/α,β-unsaturated/α-hetero) is 1. The van der Waals surface area contributed by atoms with Crippen LogP contribution in [0.4, 0.5) is 0 Å². The van der Waals surface area contributed by atoms with Gasteiger partial charge in [-0.1, -0.05) is 36.5 Å². The molecule has 4 heteroatoms. The molecule has 1 atom stereocenters. The van der Waals surface area contributed by atoms with E-state index >= 15 is 0 Å². The number of ketones is 1. The van der Waals surface area contributed by atoms with Crippen LogP contribution in [0, 0.1) is 5.41 Å². The summed E-state index contributed by atoms with van der Waals surface area (Å²) in [5, 5.41) is 4.56. The molecule has 1 aliphatic heterocycles. The average Bonchev–Trinajstić information content (AvgIpc) is 2.84. The van der Waals surface area contributed by atoms with E-state index in [1.165, 1.54) is 0 Å². The Kier molecular flexibility index (Phi) is 4.88. The maximum Gasteiger partial charge on any atom is 0.144 e. The molecule has 1 aromatic carbocycles. The van der Waals surface area contributed by atoms with E-state index in [0.717, 1.165) is 37.9 Å². The average molecular weight is 300 g/mol. The van der Waals surface area contributed by atoms with Gasteiger partial charge in [0, 0.05) is 28.4 Å². The molecule has 19 heavy (non-hydrogen) atoms. The summed E-state index contributed by atoms with van der Waals surface area (Å²) in [6.07, 6.45) is 3.27. The predicted molar refractivity (Wildman–Crippen MR) is 80.0 cm³/mol. The summed E-state index contributed by atoms with van der Waals surface area (Å²) in [6.45, 7) is 3.84. The Labute approximate surface area is 124 Å². The van der Waals surface area contributed by atoms with Crippen molar-refractivity contribution in [3.8, 4) is 0 Å². The van der Waals surface area contributed by atoms with Gasteiger partial charge >= 0.3 is 0 Å². The number of nitrogens with one attached hydrogen (secondary N) is 1. The van der Waals surface area contributed by atoms with Crippen LogP contribution >= 0.6 is 23.2 Å². The Hall–Kier alpha value is -0.570. The molecular formula is C15H19Cl2NO. The molecule has 0 amide bonds. The Morgan fingerprint density at radius 1 is 1.42 bits per heavy atom. The van der Waals surface area contributed by atoms with Gasteiger partial charge in [-0.2, -0.15) is 0 Å². The van der Waals surface area contributed by atoms with Gasteiger partial charge in [-0.25, -0.2) is 0 Å². The topological polar surface area (TPSA) is 29.1 Å². The zero-order valence-corrected chi connectivity index (χ0v) is 12.7. The highest BCUT2D eigenvalue weighted by atomic mass is 35.5. The number of hydrogen-bond donors (Lipinski definition) is 1. The zero-order valence-electron chi connectivity index (χ0n) is 11.1. The van der Waals surface area contributed by atoms with Gasteiger partial charge in [0.15, 0.2) is 0 Å². The first kappa shape index (κ1) is 14.8. The van der Waals surface area contributed by atoms with E-state index in [1.54, 1.807) is 18.2 Å². The van der Waals surface area contributed by atoms with Crippen LogP contribution in [0.3, 0.4) is 0 Å². The molecule has 1 aromatic rings. The number of carbonyl (C=O) groups is 1. The molecule has 1 N–H and O–H groups in total. The highest BCUT2D eigenvalue weighted by Gasteiger charge is 2.39. The van der Waals surface area contributed by atoms with Crippen molar-refractivity contribution >= 4 is 29.0 Å². The van der Waals surface area contributed by atoms with Crippen LogP contribution in [0.5, 0.6) is 0 Å². The van der Waals surface area contributed by atoms with Crippen molar-refractivity contribution in [1.29, 1.82) is 0 Å². The van der Waals surface area contributed by atoms with Crippen LogP contribution in [0.1, 0.15) is 31.7 Å². The molecule has 0 radical (unpaired) electrons. The number of benzene rings is 1. The van der Waals surface area contributed by atoms with Crippen molar-refractivity contribution in [2.24, 2.45) is 5.41 Å². The lowest BCUT2D eigenvalue weighted by atomic mass is 9.76. The summed E-state index contributed by atoms with van der Waals surface area (Å²) < 4.78 is 0. The van der Waals surface area contributed by atoms with Gasteiger partial charge in [-0.15, -0.1) is 0 Å². The lowest BCUT2D eigenvalue weighted by Crippen LogP contribution is -2.34. The van der Waals surface area contributed by atoms with Crippen molar-refractivity contribution in [3.05, 3.63) is 33.8 Å². The molecule has 1 aliphatic rings. The largest absolute Gasteiger partial charge is 0.316 e. The Morgan fingerprint density at radius 3 is 2.84 bits per heavy atom. The SMILES string of the molecule is CCCC1(C(=O)Cc2cc(Cl)ccc2Cl)CCNC1. The summed E-state index contributed by atoms with van der Waals surface area (Å²) in [5.74, 6) is 0.281. The monoisotopic (exact) mass is 299 g/mol. The Bertz CT molecular complexity index is 467. The Morgan fingerprint density at radius 2 is 2.21 bits per heavy atom. The summed E-state index contributed by atoms with van der Waals surface area (Å²) in [5.41, 5.74) is 0.627. The molecule has 0 aliphatic carbocycles. The molecule has 1 unspecified atom stereocenters. The maximum absolute atomic E-state index is 12.6. The normalized spacial score (nSPS) is 22.7. The quantitative estimate of drug-likeness (QED) is 0.894. The van der Waals surface area contributed by atoms with E-state index in [2.05, 4.69) is 12.2 Å². The van der Waals surface area contributed by atoms with Gasteiger partial charge in [0.1, 0.15) is 5.78 Å². The van der Waals surface area contributed by atoms with Crippen LogP contribution in [0.25, 0.3) is 0 Å². The highest BCUT2D eigenvalue weighted by Crippen LogP contribution is 2.34. The van der Waals surface area contributed by atoms with Crippen molar-refractivity contribution in [1.82, 2.24) is 5.32 Å². The third kappa shape index (κ3) is 3.31. The molecule has 2 rings (SSSR count). The third-order valence-electron chi connectivity index (χ3n) is 3.92. The predicted octanol–water partition coefficient (Wildman–Crippen LogP) is 3.88. The molecule has 0 bridgehead atoms. The fourth-order valence-corrected chi connectivity index (χ4v) is 3.23. The van der Waals surface area contributed by atoms with Crippen LogP contribution < -0.4 is 5.32 Å². The summed E-state index contributed by atoms with van der Waals surface area (Å²) >= 11 is 12.1. The van der Waals surface area contributed by atoms with Crippen molar-refractivity contribution in [2.75, 3.05) is 13.1 Å². The van der Waals surface area contributed by atoms with Crippen LogP contribution in [0.15, 0.2) is 18.2 Å². The highest BCUT2D eigenvalue weighted by molar-refractivity contribution is 6.33. The van der Waals surface area contributed by atoms with E-state index in [4.69, 9.17) is 23.2 Å². The lowest BCUT2D eigenvalue weighted by molar-refractivity contribution is -0.127. The fraction of sp³-hybridized carbons (Fsp3) is 0.533. The first-order valence-corrected chi connectivity index (χ1v) is 7.51. The second-order valence-electron chi connectivity index (χ2n) is 5.29. The maximum atomic E-state index is 12.6. The van der Waals surface area contributed by atoms with Gasteiger partial charge in [-0.05, 0) is 43.1 Å². The molecule has 1 saturated heterocycles. The second-order valence-corrected chi connectivity index (χ2v) is 6.14. The lowest BCUT2D eigenvalue weighted by Gasteiger charge is -2.26. The summed E-state index contributed by atoms with van der Waals surface area (Å²) in [7, 11) is 0. The van der Waals surface area contributed by atoms with Gasteiger partial charge in [0.05, 0.1) is 0 Å². The minimum Gasteiger partial charge on any atom is -0.316 e. The number of halogens is 2. The van der Waals surface area contributed by atoms with Crippen molar-refractivity contribution in [2.45, 2.75) is 32.6 Å². The van der Waals surface area contributed by atoms with E-state index in [9.17, 15) is 4.79 Å². The van der Waals surface area contributed by atoms with Crippen LogP contribution in [-0.2, 0) is 11.2 Å². The first-order valence-electron chi connectivity index (χ1n) is 6.75. The van der Waals surface area contributed by atoms with Gasteiger partial charge in [-0.3, -0.25) is 4.79 Å². The number of hydrogen-bond acceptors (Lipinski definition) is 2. The minimum absolute atomic E-state index is 0.208. The van der Waals surface area contributed by atoms with Crippen LogP contribution in [-0.4, -0.2) is 18.9 Å². The van der Waals surface area contributed by atoms with E-state index < -0.39 is 0 Å². The van der Waals surface area contributed by atoms with Crippen molar-refractivity contribution in [3.63, 3.8) is 0 Å². The van der Waals surface area contributed by atoms with Crippen molar-refractivity contribution < 1.29 is 4.79 Å². The fourth-order valence-electron chi connectivity index (χ4n) is 2.85. The van der Waals surface area contributed by atoms with Gasteiger partial charge in [0.25, 0.3) is 0 Å². The number of carbonyl (C=O) groups excluding carboxylic acids is 1. The molecule has 104 valence electrons. The molecule has 0 aromatic heterocycles. The summed E-state index contributed by atoms with van der Waals surface area (Å²) in [4.78, 5) is 12.6. The Balaban J connectivity index is 2.17. The minimum atomic E-state index is -0.208. The molecule has 0 saturated carbocycles. The smallest absolute Gasteiger partial charge is 0.144 e. The molecule has 0 spiro atoms. The first-order chi connectivity index (χ1) is 9.07. The second kappa shape index (κ2) is 6.25. The molecule has 1 fully saturated rings.